The predicted octanol–water partition coefficient (Wildman–Crippen LogP) is 1.68. The summed E-state index contributed by atoms with van der Waals surface area (Å²) < 4.78 is 10.9. The molecule has 1 atom stereocenters. The Morgan fingerprint density at radius 3 is 3.18 bits per heavy atom. The highest BCUT2D eigenvalue weighted by molar-refractivity contribution is 7.80. The smallest absolute Gasteiger partial charge is 0.187 e. The fraction of sp³-hybridized carbons (Fsp3) is 0.375. The number of hydrogen-bond donors (Lipinski definition) is 2. The lowest BCUT2D eigenvalue weighted by molar-refractivity contribution is 0.114. The highest BCUT2D eigenvalue weighted by atomic mass is 32.1. The summed E-state index contributed by atoms with van der Waals surface area (Å²) in [6.07, 6.45) is 9.26. The normalized spacial score (nSPS) is 17.1. The summed E-state index contributed by atoms with van der Waals surface area (Å²) in [4.78, 5) is 0. The number of nitrogens with zero attached hydrogens (tertiary/aromatic N) is 1. The van der Waals surface area contributed by atoms with E-state index in [-0.39, 0.29) is 12.7 Å². The number of benzene rings is 1. The van der Waals surface area contributed by atoms with E-state index < -0.39 is 0 Å². The van der Waals surface area contributed by atoms with Crippen molar-refractivity contribution in [2.45, 2.75) is 18.9 Å². The fourth-order valence-electron chi connectivity index (χ4n) is 2.05. The predicted molar refractivity (Wildman–Crippen MR) is 91.1 cm³/mol. The minimum absolute atomic E-state index is 0.222. The van der Waals surface area contributed by atoms with Gasteiger partial charge in [-0.3, -0.25) is 5.43 Å². The number of thiocarbonyl (C=S) groups is 1. The van der Waals surface area contributed by atoms with Crippen molar-refractivity contribution in [3.05, 3.63) is 29.8 Å². The minimum Gasteiger partial charge on any atom is -0.480 e. The van der Waals surface area contributed by atoms with E-state index in [1.807, 2.05) is 24.3 Å². The number of hydrogen-bond acceptors (Lipinski definition) is 4. The average molecular weight is 317 g/mol. The molecule has 1 aromatic carbocycles. The largest absolute Gasteiger partial charge is 0.480 e. The number of terminal acetylenes is 1. The van der Waals surface area contributed by atoms with E-state index in [2.05, 4.69) is 21.8 Å². The molecule has 22 heavy (non-hydrogen) atoms. The van der Waals surface area contributed by atoms with Gasteiger partial charge in [0.15, 0.2) is 5.11 Å². The van der Waals surface area contributed by atoms with Gasteiger partial charge >= 0.3 is 0 Å². The molecule has 5 nitrogen and oxygen atoms in total. The summed E-state index contributed by atoms with van der Waals surface area (Å²) in [5.74, 6) is 3.12. The maximum Gasteiger partial charge on any atom is 0.187 e. The van der Waals surface area contributed by atoms with Gasteiger partial charge in [-0.15, -0.1) is 6.42 Å². The Kier molecular flexibility index (Phi) is 6.68. The molecule has 116 valence electrons. The Labute approximate surface area is 136 Å². The van der Waals surface area contributed by atoms with Crippen LogP contribution in [0.5, 0.6) is 5.75 Å². The molecule has 1 aromatic rings. The number of nitrogens with one attached hydrogen (secondary N) is 2. The molecule has 0 amide bonds. The van der Waals surface area contributed by atoms with Gasteiger partial charge in [-0.1, -0.05) is 18.1 Å². The summed E-state index contributed by atoms with van der Waals surface area (Å²) in [6, 6.07) is 7.51. The van der Waals surface area contributed by atoms with Crippen LogP contribution in [0.4, 0.5) is 0 Å². The van der Waals surface area contributed by atoms with Gasteiger partial charge in [0.2, 0.25) is 0 Å². The quantitative estimate of drug-likeness (QED) is 0.362. The molecule has 0 spiro atoms. The van der Waals surface area contributed by atoms with Gasteiger partial charge in [0.1, 0.15) is 12.4 Å². The van der Waals surface area contributed by atoms with Crippen LogP contribution in [0.25, 0.3) is 0 Å². The first kappa shape index (κ1) is 16.3. The lowest BCUT2D eigenvalue weighted by atomic mass is 10.2. The van der Waals surface area contributed by atoms with Gasteiger partial charge in [-0.2, -0.15) is 5.10 Å². The van der Waals surface area contributed by atoms with Crippen molar-refractivity contribution in [1.82, 2.24) is 10.7 Å². The molecular weight excluding hydrogens is 298 g/mol. The minimum atomic E-state index is 0.222. The molecule has 0 saturated carbocycles. The summed E-state index contributed by atoms with van der Waals surface area (Å²) >= 11 is 5.16. The number of para-hydroxylation sites is 1. The van der Waals surface area contributed by atoms with Crippen molar-refractivity contribution in [1.29, 1.82) is 0 Å². The van der Waals surface area contributed by atoms with Crippen LogP contribution in [0.2, 0.25) is 0 Å². The third-order valence-electron chi connectivity index (χ3n) is 3.11. The molecule has 1 fully saturated rings. The molecular formula is C16H19N3O2S. The van der Waals surface area contributed by atoms with Gasteiger partial charge in [0.05, 0.1) is 12.3 Å². The molecule has 6 heteroatoms. The maximum atomic E-state index is 5.51. The van der Waals surface area contributed by atoms with Gasteiger partial charge in [0.25, 0.3) is 0 Å². The topological polar surface area (TPSA) is 54.9 Å². The van der Waals surface area contributed by atoms with Crippen molar-refractivity contribution >= 4 is 23.5 Å². The van der Waals surface area contributed by atoms with Crippen LogP contribution in [-0.4, -0.2) is 37.2 Å². The van der Waals surface area contributed by atoms with E-state index in [0.29, 0.717) is 17.4 Å². The maximum absolute atomic E-state index is 5.51. The van der Waals surface area contributed by atoms with E-state index in [9.17, 15) is 0 Å². The molecule has 1 aliphatic rings. The third kappa shape index (κ3) is 5.35. The van der Waals surface area contributed by atoms with E-state index in [0.717, 1.165) is 25.0 Å². The molecule has 1 saturated heterocycles. The zero-order chi connectivity index (χ0) is 15.6. The van der Waals surface area contributed by atoms with Crippen LogP contribution in [-0.2, 0) is 4.74 Å². The molecule has 0 aromatic heterocycles. The van der Waals surface area contributed by atoms with Gasteiger partial charge < -0.3 is 14.8 Å². The highest BCUT2D eigenvalue weighted by Crippen LogP contribution is 2.15. The van der Waals surface area contributed by atoms with Crippen molar-refractivity contribution in [3.63, 3.8) is 0 Å². The highest BCUT2D eigenvalue weighted by Gasteiger charge is 2.14. The Morgan fingerprint density at radius 1 is 1.55 bits per heavy atom. The summed E-state index contributed by atoms with van der Waals surface area (Å²) in [5.41, 5.74) is 3.60. The number of ether oxygens (including phenoxy) is 2. The molecule has 0 aliphatic carbocycles. The van der Waals surface area contributed by atoms with Crippen LogP contribution in [0, 0.1) is 12.3 Å². The molecule has 1 aliphatic heterocycles. The molecule has 0 bridgehead atoms. The summed E-state index contributed by atoms with van der Waals surface area (Å²) in [5, 5.41) is 7.65. The first-order valence-corrected chi connectivity index (χ1v) is 7.54. The van der Waals surface area contributed by atoms with Crippen LogP contribution in [0.15, 0.2) is 29.4 Å². The lowest BCUT2D eigenvalue weighted by Gasteiger charge is -2.11. The second-order valence-corrected chi connectivity index (χ2v) is 5.15. The Bertz CT molecular complexity index is 563. The lowest BCUT2D eigenvalue weighted by Crippen LogP contribution is -2.37. The van der Waals surface area contributed by atoms with Crippen molar-refractivity contribution in [2.75, 3.05) is 19.8 Å². The fourth-order valence-corrected chi connectivity index (χ4v) is 2.19. The van der Waals surface area contributed by atoms with E-state index in [1.54, 1.807) is 6.21 Å². The molecule has 0 radical (unpaired) electrons. The first-order chi connectivity index (χ1) is 10.8. The second kappa shape index (κ2) is 9.03. The second-order valence-electron chi connectivity index (χ2n) is 4.75. The van der Waals surface area contributed by atoms with Crippen LogP contribution in [0.3, 0.4) is 0 Å². The number of hydrazone groups is 1. The van der Waals surface area contributed by atoms with Crippen molar-refractivity contribution in [2.24, 2.45) is 5.10 Å². The van der Waals surface area contributed by atoms with Crippen LogP contribution >= 0.6 is 12.2 Å². The molecule has 2 N–H and O–H groups in total. The first-order valence-electron chi connectivity index (χ1n) is 7.13. The Hall–Kier alpha value is -2.10. The average Bonchev–Trinajstić information content (AvgIpc) is 3.05. The van der Waals surface area contributed by atoms with Gasteiger partial charge in [-0.25, -0.2) is 0 Å². The third-order valence-corrected chi connectivity index (χ3v) is 3.35. The van der Waals surface area contributed by atoms with E-state index in [1.165, 1.54) is 0 Å². The zero-order valence-electron chi connectivity index (χ0n) is 12.2. The van der Waals surface area contributed by atoms with Gasteiger partial charge in [0, 0.05) is 18.7 Å². The van der Waals surface area contributed by atoms with E-state index >= 15 is 0 Å². The zero-order valence-corrected chi connectivity index (χ0v) is 13.1. The van der Waals surface area contributed by atoms with Crippen molar-refractivity contribution < 1.29 is 9.47 Å². The van der Waals surface area contributed by atoms with Crippen LogP contribution in [0.1, 0.15) is 18.4 Å². The summed E-state index contributed by atoms with van der Waals surface area (Å²) in [7, 11) is 0. The van der Waals surface area contributed by atoms with Crippen molar-refractivity contribution in [3.8, 4) is 18.1 Å². The summed E-state index contributed by atoms with van der Waals surface area (Å²) in [6.45, 7) is 1.75. The Balaban J connectivity index is 1.79. The monoisotopic (exact) mass is 317 g/mol. The van der Waals surface area contributed by atoms with Gasteiger partial charge in [-0.05, 0) is 37.2 Å². The molecule has 2 rings (SSSR count). The van der Waals surface area contributed by atoms with Crippen LogP contribution < -0.4 is 15.5 Å². The SMILES string of the molecule is C#CCOc1ccccc1/C=N\NC(=S)NC[C@H]1CCCO1. The molecule has 0 unspecified atom stereocenters. The molecule has 1 heterocycles. The van der Waals surface area contributed by atoms with E-state index in [4.69, 9.17) is 28.1 Å². The number of rotatable bonds is 6. The standard InChI is InChI=1S/C16H19N3O2S/c1-2-9-21-15-8-4-3-6-13(15)11-18-19-16(22)17-12-14-7-5-10-20-14/h1,3-4,6,8,11,14H,5,7,9-10,12H2,(H2,17,19,22)/b18-11-/t14-/m1/s1. The Morgan fingerprint density at radius 2 is 2.41 bits per heavy atom.